The summed E-state index contributed by atoms with van der Waals surface area (Å²) >= 11 is 1.37. The molecule has 0 spiro atoms. The molecule has 1 saturated carbocycles. The molecule has 8 heteroatoms. The maximum atomic E-state index is 12.8. The lowest BCUT2D eigenvalue weighted by Crippen LogP contribution is -2.52. The van der Waals surface area contributed by atoms with E-state index in [0.29, 0.717) is 17.6 Å². The number of nitrogens with one attached hydrogen (secondary N) is 2. The SMILES string of the molecule is CN1CCCC1C(=O)N[C@@H](CC1CCCCC1)C(=O)NCc1cnc(N)s1. The predicted molar refractivity (Wildman–Crippen MR) is 107 cm³/mol. The fourth-order valence-corrected chi connectivity index (χ4v) is 4.82. The second kappa shape index (κ2) is 9.50. The molecule has 1 saturated heterocycles. The molecule has 0 aromatic carbocycles. The number of nitrogens with zero attached hydrogens (tertiary/aromatic N) is 2. The highest BCUT2D eigenvalue weighted by Crippen LogP contribution is 2.27. The second-order valence-corrected chi connectivity index (χ2v) is 8.97. The number of carbonyl (C=O) groups is 2. The van der Waals surface area contributed by atoms with Crippen LogP contribution in [0.2, 0.25) is 0 Å². The Kier molecular flexibility index (Phi) is 7.07. The van der Waals surface area contributed by atoms with Gasteiger partial charge in [0.2, 0.25) is 11.8 Å². The smallest absolute Gasteiger partial charge is 0.242 e. The van der Waals surface area contributed by atoms with Crippen LogP contribution in [0.4, 0.5) is 5.13 Å². The zero-order chi connectivity index (χ0) is 19.2. The molecular formula is C19H31N5O2S. The Bertz CT molecular complexity index is 644. The monoisotopic (exact) mass is 393 g/mol. The predicted octanol–water partition coefficient (Wildman–Crippen LogP) is 1.89. The molecule has 1 aromatic heterocycles. The Morgan fingerprint density at radius 2 is 2.07 bits per heavy atom. The highest BCUT2D eigenvalue weighted by atomic mass is 32.1. The summed E-state index contributed by atoms with van der Waals surface area (Å²) < 4.78 is 0. The average Bonchev–Trinajstić information content (AvgIpc) is 3.28. The summed E-state index contributed by atoms with van der Waals surface area (Å²) in [7, 11) is 1.97. The molecule has 150 valence electrons. The fraction of sp³-hybridized carbons (Fsp3) is 0.737. The Hall–Kier alpha value is -1.67. The van der Waals surface area contributed by atoms with Crippen LogP contribution in [0.3, 0.4) is 0 Å². The van der Waals surface area contributed by atoms with Gasteiger partial charge in [0.25, 0.3) is 0 Å². The molecule has 1 aromatic rings. The number of likely N-dealkylation sites (tertiary alicyclic amines) is 1. The molecule has 2 fully saturated rings. The number of hydrogen-bond acceptors (Lipinski definition) is 6. The van der Waals surface area contributed by atoms with E-state index in [-0.39, 0.29) is 17.9 Å². The van der Waals surface area contributed by atoms with E-state index < -0.39 is 6.04 Å². The molecule has 1 aliphatic carbocycles. The average molecular weight is 394 g/mol. The molecule has 2 atom stereocenters. The van der Waals surface area contributed by atoms with Crippen molar-refractivity contribution in [3.63, 3.8) is 0 Å². The van der Waals surface area contributed by atoms with Crippen LogP contribution in [0.15, 0.2) is 6.20 Å². The van der Waals surface area contributed by atoms with Gasteiger partial charge in [-0.15, -0.1) is 11.3 Å². The largest absolute Gasteiger partial charge is 0.375 e. The molecule has 2 amide bonds. The van der Waals surface area contributed by atoms with E-state index in [2.05, 4.69) is 20.5 Å². The van der Waals surface area contributed by atoms with Crippen molar-refractivity contribution in [1.29, 1.82) is 0 Å². The number of nitrogen functional groups attached to an aromatic ring is 1. The van der Waals surface area contributed by atoms with Gasteiger partial charge in [-0.3, -0.25) is 14.5 Å². The van der Waals surface area contributed by atoms with E-state index in [0.717, 1.165) is 43.5 Å². The lowest BCUT2D eigenvalue weighted by atomic mass is 9.84. The van der Waals surface area contributed by atoms with E-state index in [1.54, 1.807) is 6.20 Å². The summed E-state index contributed by atoms with van der Waals surface area (Å²) in [6, 6.07) is -0.590. The standard InChI is InChI=1S/C19H31N5O2S/c1-24-9-5-8-16(24)18(26)23-15(10-13-6-3-2-4-7-13)17(25)21-11-14-12-22-19(20)27-14/h12-13,15-16H,2-11H2,1H3,(H2,20,22)(H,21,25)(H,23,26)/t15-,16?/m0/s1. The topological polar surface area (TPSA) is 100 Å². The quantitative estimate of drug-likeness (QED) is 0.657. The van der Waals surface area contributed by atoms with Gasteiger partial charge < -0.3 is 16.4 Å². The Morgan fingerprint density at radius 3 is 2.70 bits per heavy atom. The third-order valence-corrected chi connectivity index (χ3v) is 6.58. The van der Waals surface area contributed by atoms with Crippen LogP contribution in [-0.2, 0) is 16.1 Å². The summed E-state index contributed by atoms with van der Waals surface area (Å²) in [5, 5.41) is 6.50. The molecule has 7 nitrogen and oxygen atoms in total. The molecule has 2 heterocycles. The zero-order valence-corrected chi connectivity index (χ0v) is 16.9. The zero-order valence-electron chi connectivity index (χ0n) is 16.1. The Balaban J connectivity index is 1.60. The number of rotatable bonds is 7. The van der Waals surface area contributed by atoms with E-state index in [1.165, 1.54) is 30.6 Å². The van der Waals surface area contributed by atoms with Gasteiger partial charge in [0.15, 0.2) is 5.13 Å². The molecule has 1 aliphatic heterocycles. The van der Waals surface area contributed by atoms with Crippen LogP contribution >= 0.6 is 11.3 Å². The number of likely N-dealkylation sites (N-methyl/N-ethyl adjacent to an activating group) is 1. The molecule has 4 N–H and O–H groups in total. The number of carbonyl (C=O) groups excluding carboxylic acids is 2. The first-order valence-corrected chi connectivity index (χ1v) is 10.8. The van der Waals surface area contributed by atoms with Crippen LogP contribution in [0.5, 0.6) is 0 Å². The van der Waals surface area contributed by atoms with Gasteiger partial charge in [-0.25, -0.2) is 4.98 Å². The number of anilines is 1. The lowest BCUT2D eigenvalue weighted by molar-refractivity contribution is -0.131. The minimum absolute atomic E-state index is 0.0204. The van der Waals surface area contributed by atoms with Gasteiger partial charge in [0, 0.05) is 11.1 Å². The molecule has 0 bridgehead atoms. The van der Waals surface area contributed by atoms with Crippen molar-refractivity contribution >= 4 is 28.3 Å². The van der Waals surface area contributed by atoms with Crippen LogP contribution in [0.1, 0.15) is 56.2 Å². The van der Waals surface area contributed by atoms with Gasteiger partial charge in [-0.2, -0.15) is 0 Å². The van der Waals surface area contributed by atoms with Gasteiger partial charge in [0.05, 0.1) is 12.6 Å². The maximum absolute atomic E-state index is 12.8. The van der Waals surface area contributed by atoms with Crippen molar-refractivity contribution in [2.45, 2.75) is 70.0 Å². The Morgan fingerprint density at radius 1 is 1.30 bits per heavy atom. The van der Waals surface area contributed by atoms with Crippen molar-refractivity contribution in [3.8, 4) is 0 Å². The van der Waals surface area contributed by atoms with Gasteiger partial charge in [0.1, 0.15) is 6.04 Å². The number of hydrogen-bond donors (Lipinski definition) is 3. The second-order valence-electron chi connectivity index (χ2n) is 7.82. The van der Waals surface area contributed by atoms with Crippen LogP contribution < -0.4 is 16.4 Å². The van der Waals surface area contributed by atoms with E-state index in [9.17, 15) is 9.59 Å². The van der Waals surface area contributed by atoms with E-state index >= 15 is 0 Å². The van der Waals surface area contributed by atoms with Crippen molar-refractivity contribution in [2.24, 2.45) is 5.92 Å². The number of amides is 2. The first-order chi connectivity index (χ1) is 13.0. The highest BCUT2D eigenvalue weighted by Gasteiger charge is 2.32. The summed E-state index contributed by atoms with van der Waals surface area (Å²) in [6.07, 6.45) is 10.3. The van der Waals surface area contributed by atoms with Crippen molar-refractivity contribution < 1.29 is 9.59 Å². The molecule has 0 radical (unpaired) electrons. The van der Waals surface area contributed by atoms with Crippen molar-refractivity contribution in [3.05, 3.63) is 11.1 Å². The van der Waals surface area contributed by atoms with Crippen molar-refractivity contribution in [1.82, 2.24) is 20.5 Å². The third kappa shape index (κ3) is 5.65. The van der Waals surface area contributed by atoms with Crippen LogP contribution in [-0.4, -0.2) is 47.4 Å². The Labute approximate surface area is 165 Å². The molecule has 27 heavy (non-hydrogen) atoms. The molecule has 3 rings (SSSR count). The van der Waals surface area contributed by atoms with Gasteiger partial charge in [-0.1, -0.05) is 32.1 Å². The van der Waals surface area contributed by atoms with Gasteiger partial charge in [-0.05, 0) is 38.8 Å². The fourth-order valence-electron chi connectivity index (χ4n) is 4.20. The third-order valence-electron chi connectivity index (χ3n) is 5.76. The first-order valence-electron chi connectivity index (χ1n) is 10.0. The summed E-state index contributed by atoms with van der Waals surface area (Å²) in [5.74, 6) is 0.379. The number of nitrogens with two attached hydrogens (primary N) is 1. The summed E-state index contributed by atoms with van der Waals surface area (Å²) in [4.78, 5) is 32.6. The van der Waals surface area contributed by atoms with Crippen molar-refractivity contribution in [2.75, 3.05) is 19.3 Å². The van der Waals surface area contributed by atoms with Crippen LogP contribution in [0, 0.1) is 5.92 Å². The normalized spacial score (nSPS) is 22.5. The highest BCUT2D eigenvalue weighted by molar-refractivity contribution is 7.15. The summed E-state index contributed by atoms with van der Waals surface area (Å²) in [6.45, 7) is 1.33. The van der Waals surface area contributed by atoms with E-state index in [1.807, 2.05) is 7.05 Å². The van der Waals surface area contributed by atoms with E-state index in [4.69, 9.17) is 5.73 Å². The summed E-state index contributed by atoms with van der Waals surface area (Å²) in [5.41, 5.74) is 5.65. The molecule has 1 unspecified atom stereocenters. The van der Waals surface area contributed by atoms with Crippen LogP contribution in [0.25, 0.3) is 0 Å². The first kappa shape index (κ1) is 20.1. The minimum Gasteiger partial charge on any atom is -0.375 e. The lowest BCUT2D eigenvalue weighted by Gasteiger charge is -2.28. The molecule has 2 aliphatic rings. The number of thiazole rings is 1. The maximum Gasteiger partial charge on any atom is 0.242 e. The van der Waals surface area contributed by atoms with Gasteiger partial charge >= 0.3 is 0 Å². The molecular weight excluding hydrogens is 362 g/mol. The minimum atomic E-state index is -0.472. The number of aromatic nitrogens is 1.